The van der Waals surface area contributed by atoms with Crippen molar-refractivity contribution in [3.05, 3.63) is 71.4 Å². The summed E-state index contributed by atoms with van der Waals surface area (Å²) in [6.45, 7) is 3.24. The number of aromatic nitrogens is 1. The molecule has 2 N–H and O–H groups in total. The molecule has 2 aromatic carbocycles. The topological polar surface area (TPSA) is 51.3 Å². The first-order valence-electron chi connectivity index (χ1n) is 10.3. The fraction of sp³-hybridized carbons (Fsp3) is 0.375. The van der Waals surface area contributed by atoms with Crippen molar-refractivity contribution in [3.63, 3.8) is 0 Å². The summed E-state index contributed by atoms with van der Waals surface area (Å²) in [5.74, 6) is -0.356. The summed E-state index contributed by atoms with van der Waals surface area (Å²) in [6, 6.07) is 20.7. The maximum Gasteiger partial charge on any atom is 0.248 e. The van der Waals surface area contributed by atoms with Crippen LogP contribution in [0, 0.1) is 6.92 Å². The molecule has 2 aliphatic rings. The Kier molecular flexibility index (Phi) is 4.24. The van der Waals surface area contributed by atoms with Crippen LogP contribution < -0.4 is 5.73 Å². The van der Waals surface area contributed by atoms with Gasteiger partial charge in [-0.1, -0.05) is 36.4 Å². The zero-order chi connectivity index (χ0) is 19.3. The maximum absolute atomic E-state index is 11.7. The molecule has 3 heterocycles. The Morgan fingerprint density at radius 3 is 2.39 bits per heavy atom. The first kappa shape index (κ1) is 17.5. The number of aryl methyl sites for hydroxylation is 1. The number of primary amides is 1. The molecule has 5 rings (SSSR count). The first-order chi connectivity index (χ1) is 13.6. The number of carbonyl (C=O) groups excluding carboxylic acids is 1. The Morgan fingerprint density at radius 2 is 1.71 bits per heavy atom. The van der Waals surface area contributed by atoms with Crippen LogP contribution in [0.1, 0.15) is 53.3 Å². The van der Waals surface area contributed by atoms with Crippen molar-refractivity contribution in [1.29, 1.82) is 0 Å². The number of hydrogen-bond donors (Lipinski definition) is 1. The molecule has 2 unspecified atom stereocenters. The van der Waals surface area contributed by atoms with Gasteiger partial charge in [0.05, 0.1) is 0 Å². The van der Waals surface area contributed by atoms with Gasteiger partial charge in [0.25, 0.3) is 0 Å². The molecule has 4 nitrogen and oxygen atoms in total. The van der Waals surface area contributed by atoms with Gasteiger partial charge in [-0.15, -0.1) is 0 Å². The lowest BCUT2D eigenvalue weighted by Crippen LogP contribution is -2.42. The Labute approximate surface area is 165 Å². The minimum atomic E-state index is -0.356. The van der Waals surface area contributed by atoms with Crippen LogP contribution in [0.15, 0.2) is 54.6 Å². The third-order valence-electron chi connectivity index (χ3n) is 6.75. The third kappa shape index (κ3) is 2.92. The summed E-state index contributed by atoms with van der Waals surface area (Å²) in [4.78, 5) is 14.4. The van der Waals surface area contributed by atoms with Crippen LogP contribution in [-0.2, 0) is 6.54 Å². The van der Waals surface area contributed by atoms with Gasteiger partial charge in [-0.2, -0.15) is 0 Å². The van der Waals surface area contributed by atoms with E-state index in [2.05, 4.69) is 52.8 Å². The second kappa shape index (κ2) is 6.78. The number of piperidine rings is 1. The predicted octanol–water partition coefficient (Wildman–Crippen LogP) is 4.42. The summed E-state index contributed by atoms with van der Waals surface area (Å²) in [5.41, 5.74) is 9.96. The summed E-state index contributed by atoms with van der Waals surface area (Å²) in [5, 5.41) is 1.20. The van der Waals surface area contributed by atoms with E-state index in [-0.39, 0.29) is 5.91 Å². The summed E-state index contributed by atoms with van der Waals surface area (Å²) >= 11 is 0. The highest BCUT2D eigenvalue weighted by Gasteiger charge is 2.41. The van der Waals surface area contributed by atoms with Crippen LogP contribution in [0.3, 0.4) is 0 Å². The van der Waals surface area contributed by atoms with Gasteiger partial charge in [-0.25, -0.2) is 0 Å². The van der Waals surface area contributed by atoms with E-state index in [1.54, 1.807) is 0 Å². The van der Waals surface area contributed by atoms with E-state index >= 15 is 0 Å². The Bertz CT molecular complexity index is 1010. The maximum atomic E-state index is 11.7. The molecule has 2 atom stereocenters. The normalized spacial score (nSPS) is 24.7. The molecule has 1 aromatic heterocycles. The number of amides is 1. The van der Waals surface area contributed by atoms with Gasteiger partial charge in [-0.05, 0) is 61.8 Å². The summed E-state index contributed by atoms with van der Waals surface area (Å²) < 4.78 is 2.47. The number of nitrogens with zero attached hydrogens (tertiary/aromatic N) is 2. The van der Waals surface area contributed by atoms with Crippen molar-refractivity contribution in [2.24, 2.45) is 5.73 Å². The van der Waals surface area contributed by atoms with Crippen LogP contribution in [0.4, 0.5) is 0 Å². The second-order valence-corrected chi connectivity index (χ2v) is 8.46. The van der Waals surface area contributed by atoms with E-state index < -0.39 is 0 Å². The van der Waals surface area contributed by atoms with Crippen LogP contribution in [0.5, 0.6) is 0 Å². The average Bonchev–Trinajstić information content (AvgIpc) is 3.12. The molecule has 1 amide bonds. The fourth-order valence-corrected chi connectivity index (χ4v) is 5.51. The van der Waals surface area contributed by atoms with Gasteiger partial charge in [0, 0.05) is 41.4 Å². The number of benzene rings is 2. The third-order valence-corrected chi connectivity index (χ3v) is 6.75. The molecule has 28 heavy (non-hydrogen) atoms. The van der Waals surface area contributed by atoms with E-state index in [4.69, 9.17) is 5.73 Å². The van der Waals surface area contributed by atoms with Gasteiger partial charge in [-0.3, -0.25) is 9.69 Å². The van der Waals surface area contributed by atoms with E-state index in [1.807, 2.05) is 18.2 Å². The number of rotatable bonds is 4. The fourth-order valence-electron chi connectivity index (χ4n) is 5.51. The molecule has 0 saturated carbocycles. The number of carbonyl (C=O) groups is 1. The van der Waals surface area contributed by atoms with Crippen LogP contribution in [0.25, 0.3) is 10.9 Å². The van der Waals surface area contributed by atoms with Gasteiger partial charge >= 0.3 is 0 Å². The van der Waals surface area contributed by atoms with Crippen LogP contribution in [-0.4, -0.2) is 27.5 Å². The Balaban J connectivity index is 1.44. The van der Waals surface area contributed by atoms with Crippen molar-refractivity contribution in [2.45, 2.75) is 57.3 Å². The van der Waals surface area contributed by atoms with Crippen molar-refractivity contribution < 1.29 is 4.79 Å². The monoisotopic (exact) mass is 373 g/mol. The molecular weight excluding hydrogens is 346 g/mol. The number of fused-ring (bicyclic) bond motifs is 3. The number of hydrogen-bond acceptors (Lipinski definition) is 2. The number of nitrogens with two attached hydrogens (primary N) is 1. The largest absolute Gasteiger partial charge is 0.366 e. The van der Waals surface area contributed by atoms with Crippen molar-refractivity contribution in [3.8, 4) is 0 Å². The van der Waals surface area contributed by atoms with Gasteiger partial charge < -0.3 is 10.3 Å². The van der Waals surface area contributed by atoms with E-state index in [1.165, 1.54) is 42.3 Å². The molecule has 2 aliphatic heterocycles. The van der Waals surface area contributed by atoms with Crippen molar-refractivity contribution >= 4 is 16.8 Å². The quantitative estimate of drug-likeness (QED) is 0.736. The predicted molar refractivity (Wildman–Crippen MR) is 112 cm³/mol. The highest BCUT2D eigenvalue weighted by Crippen LogP contribution is 2.43. The minimum absolute atomic E-state index is 0.356. The molecule has 2 fully saturated rings. The molecule has 144 valence electrons. The lowest BCUT2D eigenvalue weighted by Gasteiger charge is -2.40. The van der Waals surface area contributed by atoms with E-state index in [0.29, 0.717) is 23.7 Å². The molecule has 3 aromatic rings. The first-order valence-corrected chi connectivity index (χ1v) is 10.3. The van der Waals surface area contributed by atoms with Crippen LogP contribution >= 0.6 is 0 Å². The Morgan fingerprint density at radius 1 is 1.00 bits per heavy atom. The molecule has 0 spiro atoms. The molecular formula is C24H27N3O. The second-order valence-electron chi connectivity index (χ2n) is 8.46. The molecule has 2 bridgehead atoms. The molecule has 0 radical (unpaired) electrons. The van der Waals surface area contributed by atoms with Crippen LogP contribution in [0.2, 0.25) is 0 Å². The summed E-state index contributed by atoms with van der Waals surface area (Å²) in [7, 11) is 0. The SMILES string of the molecule is Cc1cc2ccc(C(N)=O)cc2n1C1CC2CCC(C1)N2Cc1ccccc1. The zero-order valence-corrected chi connectivity index (χ0v) is 16.3. The standard InChI is InChI=1S/C24H27N3O/c1-16-11-18-7-8-19(24(25)28)12-23(18)27(16)22-13-20-9-10-21(14-22)26(20)15-17-5-3-2-4-6-17/h2-8,11-12,20-22H,9-10,13-15H2,1H3,(H2,25,28). The van der Waals surface area contributed by atoms with E-state index in [0.717, 1.165) is 12.1 Å². The molecule has 0 aliphatic carbocycles. The molecule has 2 saturated heterocycles. The van der Waals surface area contributed by atoms with Gasteiger partial charge in [0.1, 0.15) is 0 Å². The smallest absolute Gasteiger partial charge is 0.248 e. The van der Waals surface area contributed by atoms with E-state index in [9.17, 15) is 4.79 Å². The lowest BCUT2D eigenvalue weighted by molar-refractivity contribution is 0.0995. The summed E-state index contributed by atoms with van der Waals surface area (Å²) in [6.07, 6.45) is 4.93. The Hall–Kier alpha value is -2.59. The van der Waals surface area contributed by atoms with Crippen molar-refractivity contribution in [1.82, 2.24) is 9.47 Å². The highest BCUT2D eigenvalue weighted by molar-refractivity contribution is 5.97. The molecule has 4 heteroatoms. The van der Waals surface area contributed by atoms with Gasteiger partial charge in [0.2, 0.25) is 5.91 Å². The minimum Gasteiger partial charge on any atom is -0.366 e. The van der Waals surface area contributed by atoms with Crippen molar-refractivity contribution in [2.75, 3.05) is 0 Å². The zero-order valence-electron chi connectivity index (χ0n) is 16.3. The van der Waals surface area contributed by atoms with Gasteiger partial charge in [0.15, 0.2) is 0 Å². The lowest BCUT2D eigenvalue weighted by atomic mass is 9.96. The highest BCUT2D eigenvalue weighted by atomic mass is 16.1. The average molecular weight is 374 g/mol.